The number of rotatable bonds is 7. The van der Waals surface area contributed by atoms with Crippen molar-refractivity contribution in [1.82, 2.24) is 5.32 Å². The number of amides is 1. The maximum atomic E-state index is 12.2. The summed E-state index contributed by atoms with van der Waals surface area (Å²) in [6.45, 7) is 7.91. The van der Waals surface area contributed by atoms with Gasteiger partial charge < -0.3 is 29.8 Å². The summed E-state index contributed by atoms with van der Waals surface area (Å²) in [5, 5.41) is 3.36. The zero-order valence-corrected chi connectivity index (χ0v) is 16.0. The van der Waals surface area contributed by atoms with Crippen LogP contribution in [-0.4, -0.2) is 56.7 Å². The first kappa shape index (κ1) is 23.6. The Balaban J connectivity index is 0.00000101. The molecule has 0 radical (unpaired) electrons. The summed E-state index contributed by atoms with van der Waals surface area (Å²) in [7, 11) is -3.64. The molecule has 0 aliphatic heterocycles. The molecule has 0 heterocycles. The summed E-state index contributed by atoms with van der Waals surface area (Å²) < 4.78 is 39.3. The van der Waals surface area contributed by atoms with Crippen molar-refractivity contribution in [2.75, 3.05) is 33.3 Å². The first-order valence-electron chi connectivity index (χ1n) is 7.51. The highest BCUT2D eigenvalue weighted by Gasteiger charge is 2.16. The van der Waals surface area contributed by atoms with E-state index >= 15 is 0 Å². The molecule has 0 aliphatic carbocycles. The van der Waals surface area contributed by atoms with Gasteiger partial charge in [-0.1, -0.05) is 11.6 Å². The summed E-state index contributed by atoms with van der Waals surface area (Å²) in [6, 6.07) is 3.27. The lowest BCUT2D eigenvalue weighted by Gasteiger charge is -2.16. The number of methoxy groups -OCH3 is 1. The van der Waals surface area contributed by atoms with Gasteiger partial charge in [-0.25, -0.2) is 0 Å². The molecule has 0 aliphatic rings. The second kappa shape index (κ2) is 11.2. The van der Waals surface area contributed by atoms with E-state index in [4.69, 9.17) is 33.9 Å². The number of carbonyl (C=O) groups excluding carboxylic acids is 1. The zero-order valence-electron chi connectivity index (χ0n) is 14.4. The van der Waals surface area contributed by atoms with Crippen LogP contribution in [0.15, 0.2) is 12.1 Å². The Morgan fingerprint density at radius 2 is 1.84 bits per heavy atom. The second-order valence-corrected chi connectivity index (χ2v) is 6.24. The van der Waals surface area contributed by atoms with Crippen molar-refractivity contribution in [3.8, 4) is 5.75 Å². The molecule has 0 saturated heterocycles. The Morgan fingerprint density at radius 3 is 2.28 bits per heavy atom. The lowest BCUT2D eigenvalue weighted by molar-refractivity contribution is -0.895. The molecule has 1 amide bonds. The van der Waals surface area contributed by atoms with E-state index in [0.717, 1.165) is 19.6 Å². The lowest BCUT2D eigenvalue weighted by Crippen LogP contribution is -3.12. The van der Waals surface area contributed by atoms with Crippen LogP contribution in [0, 0.1) is 0 Å². The van der Waals surface area contributed by atoms with Crippen molar-refractivity contribution < 1.29 is 37.7 Å². The van der Waals surface area contributed by atoms with Crippen LogP contribution < -0.4 is 20.7 Å². The van der Waals surface area contributed by atoms with E-state index in [1.165, 1.54) is 12.0 Å². The smallest absolute Gasteiger partial charge is 0.255 e. The van der Waals surface area contributed by atoms with Gasteiger partial charge in [-0.2, -0.15) is 0 Å². The quantitative estimate of drug-likeness (QED) is 0.377. The molecule has 0 unspecified atom stereocenters. The van der Waals surface area contributed by atoms with Crippen LogP contribution >= 0.6 is 11.6 Å². The molecule has 9 nitrogen and oxygen atoms in total. The first-order chi connectivity index (χ1) is 11.5. The monoisotopic (exact) mass is 397 g/mol. The van der Waals surface area contributed by atoms with Crippen molar-refractivity contribution in [2.45, 2.75) is 13.8 Å². The highest BCUT2D eigenvalue weighted by atomic mass is 35.5. The molecule has 0 fully saturated rings. The van der Waals surface area contributed by atoms with E-state index in [1.54, 1.807) is 12.1 Å². The normalized spacial score (nSPS) is 10.9. The topological polar surface area (TPSA) is 151 Å². The number of halogens is 1. The van der Waals surface area contributed by atoms with E-state index in [-0.39, 0.29) is 5.91 Å². The third kappa shape index (κ3) is 10.2. The molecule has 0 saturated carbocycles. The van der Waals surface area contributed by atoms with E-state index in [9.17, 15) is 4.79 Å². The Kier molecular flexibility index (Phi) is 10.6. The second-order valence-electron chi connectivity index (χ2n) is 5.02. The third-order valence-corrected chi connectivity index (χ3v) is 3.73. The van der Waals surface area contributed by atoms with E-state index < -0.39 is 10.4 Å². The fourth-order valence-electron chi connectivity index (χ4n) is 1.99. The number of benzene rings is 1. The number of hydrogen-bond acceptors (Lipinski definition) is 6. The average Bonchev–Trinajstić information content (AvgIpc) is 2.52. The minimum absolute atomic E-state index is 0.171. The summed E-state index contributed by atoms with van der Waals surface area (Å²) in [5.41, 5.74) is 4.88. The van der Waals surface area contributed by atoms with Gasteiger partial charge in [0.15, 0.2) is 5.69 Å². The molecule has 11 heteroatoms. The highest BCUT2D eigenvalue weighted by molar-refractivity contribution is 7.79. The van der Waals surface area contributed by atoms with Gasteiger partial charge in [0.25, 0.3) is 5.91 Å². The fourth-order valence-corrected chi connectivity index (χ4v) is 2.16. The molecule has 0 bridgehead atoms. The largest absolute Gasteiger partial charge is 0.759 e. The highest BCUT2D eigenvalue weighted by Crippen LogP contribution is 2.27. The summed E-state index contributed by atoms with van der Waals surface area (Å²) in [5.74, 6) is 0.322. The molecule has 1 aromatic carbocycles. The van der Waals surface area contributed by atoms with Crippen molar-refractivity contribution in [3.63, 3.8) is 0 Å². The van der Waals surface area contributed by atoms with Crippen LogP contribution in [0.5, 0.6) is 5.75 Å². The Morgan fingerprint density at radius 1 is 1.32 bits per heavy atom. The minimum Gasteiger partial charge on any atom is -0.759 e. The molecule has 25 heavy (non-hydrogen) atoms. The minimum atomic E-state index is -5.17. The molecular formula is C14H24ClN3O6S. The van der Waals surface area contributed by atoms with Gasteiger partial charge in [0.2, 0.25) is 0 Å². The summed E-state index contributed by atoms with van der Waals surface area (Å²) >= 11 is 6.01. The third-order valence-electron chi connectivity index (χ3n) is 3.38. The van der Waals surface area contributed by atoms with Gasteiger partial charge >= 0.3 is 0 Å². The molecule has 0 atom stereocenters. The SMILES string of the molecule is CC[NH+](CC)CCNC(=O)c1cc(Cl)c([NH3+])cc1OC.O=S(=O)([O-])[O-]. The number of quaternary nitrogens is 2. The number of likely N-dealkylation sites (N-methyl/N-ethyl adjacent to an activating group) is 1. The van der Waals surface area contributed by atoms with E-state index in [1.807, 2.05) is 0 Å². The van der Waals surface area contributed by atoms with Crippen molar-refractivity contribution in [3.05, 3.63) is 22.7 Å². The van der Waals surface area contributed by atoms with Crippen LogP contribution in [0.2, 0.25) is 5.02 Å². The van der Waals surface area contributed by atoms with Crippen molar-refractivity contribution in [1.29, 1.82) is 0 Å². The van der Waals surface area contributed by atoms with Gasteiger partial charge in [0.05, 0.1) is 38.9 Å². The standard InChI is InChI=1S/C14H22ClN3O2.H2O4S/c1-4-18(5-2)7-6-17-14(19)10-8-11(15)12(16)9-13(10)20-3;1-5(2,3)4/h8-9H,4-7,16H2,1-3H3,(H,17,19);(H2,1,2,3,4). The predicted molar refractivity (Wildman–Crippen MR) is 90.3 cm³/mol. The van der Waals surface area contributed by atoms with Crippen LogP contribution in [0.25, 0.3) is 0 Å². The van der Waals surface area contributed by atoms with Gasteiger partial charge in [0, 0.05) is 16.5 Å². The van der Waals surface area contributed by atoms with Gasteiger partial charge in [-0.3, -0.25) is 13.2 Å². The van der Waals surface area contributed by atoms with Crippen LogP contribution in [0.1, 0.15) is 24.2 Å². The number of hydrogen-bond donors (Lipinski definition) is 3. The molecule has 0 aromatic heterocycles. The molecule has 1 aromatic rings. The number of ether oxygens (including phenoxy) is 1. The molecule has 144 valence electrons. The average molecular weight is 398 g/mol. The molecular weight excluding hydrogens is 374 g/mol. The number of carbonyl (C=O) groups is 1. The fraction of sp³-hybridized carbons (Fsp3) is 0.500. The maximum Gasteiger partial charge on any atom is 0.255 e. The summed E-state index contributed by atoms with van der Waals surface area (Å²) in [4.78, 5) is 13.6. The Hall–Kier alpha value is -1.43. The first-order valence-corrected chi connectivity index (χ1v) is 9.22. The van der Waals surface area contributed by atoms with Gasteiger partial charge in [0.1, 0.15) is 10.8 Å². The van der Waals surface area contributed by atoms with Crippen LogP contribution in [-0.2, 0) is 10.4 Å². The van der Waals surface area contributed by atoms with E-state index in [2.05, 4.69) is 24.9 Å². The predicted octanol–water partition coefficient (Wildman–Crippen LogP) is -1.46. The molecule has 1 rings (SSSR count). The zero-order chi connectivity index (χ0) is 19.6. The molecule has 0 spiro atoms. The van der Waals surface area contributed by atoms with Gasteiger partial charge in [-0.05, 0) is 19.9 Å². The summed E-state index contributed by atoms with van der Waals surface area (Å²) in [6.07, 6.45) is 0. The van der Waals surface area contributed by atoms with Crippen molar-refractivity contribution in [2.24, 2.45) is 0 Å². The van der Waals surface area contributed by atoms with Crippen LogP contribution in [0.3, 0.4) is 0 Å². The molecule has 5 N–H and O–H groups in total. The van der Waals surface area contributed by atoms with Crippen molar-refractivity contribution >= 4 is 33.6 Å². The Labute approximate surface area is 152 Å². The van der Waals surface area contributed by atoms with Gasteiger partial charge in [-0.15, -0.1) is 0 Å². The number of nitrogens with one attached hydrogen (secondary N) is 2. The maximum absolute atomic E-state index is 12.2. The van der Waals surface area contributed by atoms with Crippen LogP contribution in [0.4, 0.5) is 5.69 Å². The van der Waals surface area contributed by atoms with E-state index in [0.29, 0.717) is 28.6 Å². The Bertz CT molecular complexity index is 657. The lowest BCUT2D eigenvalue weighted by atomic mass is 10.1.